The third-order valence-electron chi connectivity index (χ3n) is 10.1. The molecule has 0 aliphatic carbocycles. The molecule has 0 spiro atoms. The SMILES string of the molecule is COc1nc(N)nc2c1ncn2[C@@H]1O[C@H](COP(C)(=O)NCCCP(=O)(OC[C@H]2O[C@@H](n3cnc4c(OC)nc(N)nc43)[C@](C)(O)[C@@H]2O)Oc2ccccc2)[C@@H](O)[C@@]1(C)O. The maximum absolute atomic E-state index is 14.3. The predicted molar refractivity (Wildman–Crippen MR) is 211 cm³/mol. The molecule has 60 heavy (non-hydrogen) atoms. The number of hydrogen-bond acceptors (Lipinski definition) is 21. The molecule has 7 rings (SSSR count). The zero-order chi connectivity index (χ0) is 43.2. The molecule has 24 nitrogen and oxygen atoms in total. The Balaban J connectivity index is 0.971. The molecule has 0 bridgehead atoms. The lowest BCUT2D eigenvalue weighted by Gasteiger charge is -2.27. The molecule has 10 atom stereocenters. The van der Waals surface area contributed by atoms with Crippen LogP contribution in [0.25, 0.3) is 22.3 Å². The molecule has 0 amide bonds. The molecule has 1 aromatic carbocycles. The van der Waals surface area contributed by atoms with E-state index in [-0.39, 0.29) is 70.9 Å². The molecule has 2 aliphatic heterocycles. The highest BCUT2D eigenvalue weighted by molar-refractivity contribution is 7.56. The molecule has 9 N–H and O–H groups in total. The van der Waals surface area contributed by atoms with Gasteiger partial charge in [-0.1, -0.05) is 18.2 Å². The van der Waals surface area contributed by atoms with Gasteiger partial charge in [0.15, 0.2) is 34.8 Å². The number of aromatic nitrogens is 8. The Labute approximate surface area is 342 Å². The van der Waals surface area contributed by atoms with E-state index in [4.69, 9.17) is 44.0 Å². The quantitative estimate of drug-likeness (QED) is 0.0505. The van der Waals surface area contributed by atoms with E-state index >= 15 is 0 Å². The van der Waals surface area contributed by atoms with E-state index in [0.29, 0.717) is 0 Å². The minimum absolute atomic E-state index is 0.0131. The number of nitrogens with two attached hydrogens (primary N) is 2. The maximum Gasteiger partial charge on any atom is 0.379 e. The smallest absolute Gasteiger partial charge is 0.379 e. The normalized spacial score (nSPS) is 28.8. The number of nitrogens with zero attached hydrogens (tertiary/aromatic N) is 8. The van der Waals surface area contributed by atoms with Crippen molar-refractivity contribution in [3.05, 3.63) is 43.0 Å². The van der Waals surface area contributed by atoms with Crippen LogP contribution in [0, 0.1) is 0 Å². The highest BCUT2D eigenvalue weighted by Gasteiger charge is 2.55. The molecule has 2 fully saturated rings. The number of imidazole rings is 2. The van der Waals surface area contributed by atoms with Gasteiger partial charge >= 0.3 is 7.60 Å². The monoisotopic (exact) mass is 879 g/mol. The lowest BCUT2D eigenvalue weighted by molar-refractivity contribution is -0.0948. The van der Waals surface area contributed by atoms with Crippen LogP contribution < -0.4 is 30.6 Å². The van der Waals surface area contributed by atoms with Gasteiger partial charge in [-0.25, -0.2) is 19.6 Å². The van der Waals surface area contributed by atoms with E-state index in [2.05, 4.69) is 35.0 Å². The summed E-state index contributed by atoms with van der Waals surface area (Å²) < 4.78 is 70.5. The van der Waals surface area contributed by atoms with Crippen LogP contribution in [0.15, 0.2) is 43.0 Å². The van der Waals surface area contributed by atoms with Gasteiger partial charge in [-0.2, -0.15) is 19.9 Å². The molecule has 0 radical (unpaired) electrons. The van der Waals surface area contributed by atoms with E-state index in [0.717, 1.165) is 0 Å². The second-order valence-electron chi connectivity index (χ2n) is 14.7. The molecule has 2 saturated heterocycles. The van der Waals surface area contributed by atoms with Crippen molar-refractivity contribution in [3.8, 4) is 17.5 Å². The van der Waals surface area contributed by atoms with Crippen LogP contribution >= 0.6 is 15.1 Å². The summed E-state index contributed by atoms with van der Waals surface area (Å²) in [6, 6.07) is 8.30. The fourth-order valence-electron chi connectivity index (χ4n) is 6.98. The molecule has 2 aliphatic rings. The Kier molecular flexibility index (Phi) is 12.1. The van der Waals surface area contributed by atoms with Crippen LogP contribution in [-0.2, 0) is 27.7 Å². The first-order chi connectivity index (χ1) is 28.4. The number of nitrogens with one attached hydrogen (secondary N) is 1. The number of benzene rings is 1. The number of anilines is 2. The lowest BCUT2D eigenvalue weighted by Crippen LogP contribution is -2.44. The first kappa shape index (κ1) is 43.5. The van der Waals surface area contributed by atoms with E-state index in [1.54, 1.807) is 30.3 Å². The maximum atomic E-state index is 14.3. The number of aliphatic hydroxyl groups is 4. The highest BCUT2D eigenvalue weighted by atomic mass is 31.2. The molecule has 2 unspecified atom stereocenters. The topological polar surface area (TPSA) is 331 Å². The third kappa shape index (κ3) is 8.50. The van der Waals surface area contributed by atoms with Crippen molar-refractivity contribution >= 4 is 49.3 Å². The van der Waals surface area contributed by atoms with Crippen LogP contribution in [-0.4, -0.2) is 142 Å². The molecule has 0 saturated carbocycles. The molecule has 326 valence electrons. The second kappa shape index (κ2) is 16.7. The van der Waals surface area contributed by atoms with Crippen LogP contribution in [0.3, 0.4) is 0 Å². The van der Waals surface area contributed by atoms with Crippen molar-refractivity contribution < 1.29 is 62.1 Å². The molecular formula is C34H47N11O13P2. The molecule has 26 heteroatoms. The van der Waals surface area contributed by atoms with Crippen molar-refractivity contribution in [1.82, 2.24) is 44.1 Å². The Hall–Kier alpha value is -4.58. The first-order valence-electron chi connectivity index (χ1n) is 18.5. The zero-order valence-electron chi connectivity index (χ0n) is 33.1. The number of rotatable bonds is 17. The van der Waals surface area contributed by atoms with Gasteiger partial charge in [-0.15, -0.1) is 0 Å². The second-order valence-corrected chi connectivity index (χ2v) is 19.0. The minimum atomic E-state index is -4.02. The number of aliphatic hydroxyl groups excluding tert-OH is 2. The lowest BCUT2D eigenvalue weighted by atomic mass is 9.96. The van der Waals surface area contributed by atoms with Crippen LogP contribution in [0.2, 0.25) is 0 Å². The summed E-state index contributed by atoms with van der Waals surface area (Å²) in [5, 5.41) is 47.8. The number of ether oxygens (including phenoxy) is 4. The Morgan fingerprint density at radius 1 is 0.800 bits per heavy atom. The highest BCUT2D eigenvalue weighted by Crippen LogP contribution is 2.51. The number of hydrogen-bond donors (Lipinski definition) is 7. The van der Waals surface area contributed by atoms with Gasteiger partial charge in [-0.05, 0) is 32.4 Å². The van der Waals surface area contributed by atoms with E-state index < -0.39 is 76.4 Å². The van der Waals surface area contributed by atoms with E-state index in [1.165, 1.54) is 56.5 Å². The zero-order valence-corrected chi connectivity index (χ0v) is 34.9. The van der Waals surface area contributed by atoms with Crippen molar-refractivity contribution in [3.63, 3.8) is 0 Å². The summed E-state index contributed by atoms with van der Waals surface area (Å²) in [4.78, 5) is 24.9. The van der Waals surface area contributed by atoms with Gasteiger partial charge in [0.1, 0.15) is 41.4 Å². The summed E-state index contributed by atoms with van der Waals surface area (Å²) in [5.41, 5.74) is 8.77. The Bertz CT molecular complexity index is 2420. The van der Waals surface area contributed by atoms with Gasteiger partial charge < -0.3 is 59.9 Å². The number of para-hydroxylation sites is 1. The van der Waals surface area contributed by atoms with Gasteiger partial charge in [-0.3, -0.25) is 18.2 Å². The Morgan fingerprint density at radius 3 is 1.77 bits per heavy atom. The standard InChI is InChI=1S/C34H47N11O13P2/c1-33(48)23(46)19(56-29(33)44-16-37-21-25(44)40-31(35)42-27(21)52-3)14-54-59(5,50)39-12-9-13-60(51,58-18-10-7-6-8-11-18)55-15-20-24(47)34(2,49)30(57-20)45-17-38-22-26(45)41-32(36)43-28(22)53-4/h6-8,10-11,16-17,19-20,23-24,29-30,46-49H,9,12-15H2,1-5H3,(H,39,50)(H2,35,40,42)(H2,36,41,43)/t19-,20-,23-,24-,29-,30-,33-,34-,59?,60?/m1/s1. The van der Waals surface area contributed by atoms with Gasteiger partial charge in [0, 0.05) is 13.2 Å². The summed E-state index contributed by atoms with van der Waals surface area (Å²) in [6.45, 7) is 3.19. The van der Waals surface area contributed by atoms with Crippen LogP contribution in [0.1, 0.15) is 32.7 Å². The molecule has 5 aromatic rings. The van der Waals surface area contributed by atoms with Gasteiger partial charge in [0.25, 0.3) is 7.52 Å². The molecule has 4 aromatic heterocycles. The average molecular weight is 880 g/mol. The van der Waals surface area contributed by atoms with Crippen LogP contribution in [0.4, 0.5) is 11.9 Å². The average Bonchev–Trinajstić information content (AvgIpc) is 3.93. The summed E-state index contributed by atoms with van der Waals surface area (Å²) in [7, 11) is -4.84. The van der Waals surface area contributed by atoms with Crippen molar-refractivity contribution in [1.29, 1.82) is 0 Å². The fraction of sp³-hybridized carbons (Fsp3) is 0.529. The van der Waals surface area contributed by atoms with Gasteiger partial charge in [0.05, 0.1) is 46.2 Å². The number of nitrogen functional groups attached to an aromatic ring is 2. The van der Waals surface area contributed by atoms with E-state index in [9.17, 15) is 29.6 Å². The third-order valence-corrected chi connectivity index (χ3v) is 13.5. The fourth-order valence-corrected chi connectivity index (χ4v) is 9.70. The Morgan fingerprint density at radius 2 is 1.28 bits per heavy atom. The molecule has 6 heterocycles. The van der Waals surface area contributed by atoms with Crippen LogP contribution in [0.5, 0.6) is 17.5 Å². The largest absolute Gasteiger partial charge is 0.479 e. The van der Waals surface area contributed by atoms with Crippen molar-refractivity contribution in [2.24, 2.45) is 0 Å². The summed E-state index contributed by atoms with van der Waals surface area (Å²) in [5.74, 6) is 0.225. The molecular weight excluding hydrogens is 832 g/mol. The number of fused-ring (bicyclic) bond motifs is 2. The minimum Gasteiger partial charge on any atom is -0.479 e. The van der Waals surface area contributed by atoms with Crippen molar-refractivity contribution in [2.45, 2.75) is 68.3 Å². The number of methoxy groups -OCH3 is 2. The predicted octanol–water partition coefficient (Wildman–Crippen LogP) is 0.974. The summed E-state index contributed by atoms with van der Waals surface area (Å²) in [6.07, 6.45) is -5.22. The van der Waals surface area contributed by atoms with E-state index in [1.807, 2.05) is 0 Å². The van der Waals surface area contributed by atoms with Crippen molar-refractivity contribution in [2.75, 3.05) is 58.3 Å². The van der Waals surface area contributed by atoms with Gasteiger partial charge in [0.2, 0.25) is 23.7 Å². The first-order valence-corrected chi connectivity index (χ1v) is 22.3. The summed E-state index contributed by atoms with van der Waals surface area (Å²) >= 11 is 0.